The lowest BCUT2D eigenvalue weighted by atomic mass is 10.0. The van der Waals surface area contributed by atoms with Gasteiger partial charge in [0.25, 0.3) is 5.56 Å². The smallest absolute Gasteiger partial charge is 0.262 e. The number of nitrogens with one attached hydrogen (secondary N) is 1. The van der Waals surface area contributed by atoms with E-state index in [2.05, 4.69) is 10.3 Å². The number of hydrogen-bond acceptors (Lipinski definition) is 5. The summed E-state index contributed by atoms with van der Waals surface area (Å²) in [6.45, 7) is 2.26. The van der Waals surface area contributed by atoms with Gasteiger partial charge in [-0.3, -0.25) is 14.2 Å². The van der Waals surface area contributed by atoms with Gasteiger partial charge in [0.1, 0.15) is 10.6 Å². The Morgan fingerprint density at radius 3 is 2.57 bits per heavy atom. The van der Waals surface area contributed by atoms with E-state index in [9.17, 15) is 9.59 Å². The molecule has 0 aliphatic heterocycles. The van der Waals surface area contributed by atoms with Gasteiger partial charge in [-0.2, -0.15) is 0 Å². The van der Waals surface area contributed by atoms with E-state index in [1.54, 1.807) is 31.4 Å². The van der Waals surface area contributed by atoms with Crippen molar-refractivity contribution in [2.24, 2.45) is 0 Å². The summed E-state index contributed by atoms with van der Waals surface area (Å²) in [5.41, 5.74) is 2.47. The molecule has 30 heavy (non-hydrogen) atoms. The Morgan fingerprint density at radius 2 is 1.87 bits per heavy atom. The maximum atomic E-state index is 13.2. The van der Waals surface area contributed by atoms with Crippen molar-refractivity contribution >= 4 is 33.1 Å². The van der Waals surface area contributed by atoms with Crippen LogP contribution in [0.3, 0.4) is 0 Å². The molecule has 4 rings (SSSR count). The molecule has 0 atom stereocenters. The number of carbonyl (C=O) groups is 1. The fourth-order valence-corrected chi connectivity index (χ4v) is 4.37. The van der Waals surface area contributed by atoms with E-state index in [0.717, 1.165) is 26.6 Å². The van der Waals surface area contributed by atoms with Crippen LogP contribution in [0.1, 0.15) is 11.3 Å². The number of benzene rings is 2. The number of carbonyl (C=O) groups excluding carboxylic acids is 1. The van der Waals surface area contributed by atoms with Crippen LogP contribution < -0.4 is 15.6 Å². The van der Waals surface area contributed by atoms with Crippen molar-refractivity contribution in [1.82, 2.24) is 9.55 Å². The summed E-state index contributed by atoms with van der Waals surface area (Å²) >= 11 is 1.51. The minimum Gasteiger partial charge on any atom is -0.497 e. The molecule has 2 heterocycles. The number of methoxy groups -OCH3 is 1. The molecule has 152 valence electrons. The first kappa shape index (κ1) is 19.8. The zero-order chi connectivity index (χ0) is 21.1. The Bertz CT molecular complexity index is 1240. The molecule has 6 nitrogen and oxygen atoms in total. The first-order valence-corrected chi connectivity index (χ1v) is 10.4. The molecule has 0 spiro atoms. The van der Waals surface area contributed by atoms with E-state index < -0.39 is 0 Å². The van der Waals surface area contributed by atoms with Crippen LogP contribution in [0.2, 0.25) is 0 Å². The van der Waals surface area contributed by atoms with Gasteiger partial charge in [0.15, 0.2) is 0 Å². The van der Waals surface area contributed by atoms with Gasteiger partial charge >= 0.3 is 0 Å². The van der Waals surface area contributed by atoms with Crippen LogP contribution in [0.4, 0.5) is 5.69 Å². The van der Waals surface area contributed by atoms with Crippen LogP contribution in [0.25, 0.3) is 21.3 Å². The second kappa shape index (κ2) is 8.51. The highest BCUT2D eigenvalue weighted by molar-refractivity contribution is 7.19. The highest BCUT2D eigenvalue weighted by Crippen LogP contribution is 2.35. The molecular weight excluding hydrogens is 398 g/mol. The van der Waals surface area contributed by atoms with E-state index >= 15 is 0 Å². The van der Waals surface area contributed by atoms with Crippen LogP contribution in [0.15, 0.2) is 65.7 Å². The lowest BCUT2D eigenvalue weighted by Crippen LogP contribution is -2.23. The Labute approximate surface area is 177 Å². The number of fused-ring (bicyclic) bond motifs is 1. The molecular formula is C23H21N3O3S. The van der Waals surface area contributed by atoms with E-state index in [1.807, 2.05) is 37.3 Å². The van der Waals surface area contributed by atoms with Gasteiger partial charge in [0, 0.05) is 29.1 Å². The second-order valence-corrected chi connectivity index (χ2v) is 8.05. The molecule has 1 amide bonds. The fourth-order valence-electron chi connectivity index (χ4n) is 3.37. The zero-order valence-corrected chi connectivity index (χ0v) is 17.5. The molecule has 2 aromatic heterocycles. The Balaban J connectivity index is 1.55. The molecule has 0 bridgehead atoms. The van der Waals surface area contributed by atoms with Gasteiger partial charge < -0.3 is 10.1 Å². The monoisotopic (exact) mass is 419 g/mol. The van der Waals surface area contributed by atoms with Crippen molar-refractivity contribution in [2.75, 3.05) is 12.4 Å². The molecule has 7 heteroatoms. The molecule has 0 saturated heterocycles. The van der Waals surface area contributed by atoms with Crippen molar-refractivity contribution in [3.63, 3.8) is 0 Å². The van der Waals surface area contributed by atoms with Crippen molar-refractivity contribution < 1.29 is 9.53 Å². The molecule has 0 saturated carbocycles. The quantitative estimate of drug-likeness (QED) is 0.500. The summed E-state index contributed by atoms with van der Waals surface area (Å²) in [6, 6.07) is 17.0. The molecule has 0 unspecified atom stereocenters. The number of rotatable bonds is 6. The zero-order valence-electron chi connectivity index (χ0n) is 16.7. The molecule has 0 fully saturated rings. The third-order valence-corrected chi connectivity index (χ3v) is 5.88. The maximum absolute atomic E-state index is 13.2. The Hall–Kier alpha value is -3.45. The molecule has 0 radical (unpaired) electrons. The summed E-state index contributed by atoms with van der Waals surface area (Å²) in [5, 5.41) is 3.45. The number of aryl methyl sites for hydroxylation is 2. The summed E-state index contributed by atoms with van der Waals surface area (Å²) < 4.78 is 6.62. The van der Waals surface area contributed by atoms with Gasteiger partial charge in [-0.05, 0) is 36.8 Å². The first-order valence-electron chi connectivity index (χ1n) is 9.54. The fraction of sp³-hybridized carbons (Fsp3) is 0.174. The predicted octanol–water partition coefficient (Wildman–Crippen LogP) is 4.47. The van der Waals surface area contributed by atoms with Crippen LogP contribution >= 0.6 is 11.3 Å². The molecule has 0 aliphatic rings. The molecule has 0 aliphatic carbocycles. The predicted molar refractivity (Wildman–Crippen MR) is 120 cm³/mol. The van der Waals surface area contributed by atoms with Crippen LogP contribution in [0.5, 0.6) is 5.75 Å². The van der Waals surface area contributed by atoms with E-state index in [0.29, 0.717) is 11.1 Å². The average molecular weight is 420 g/mol. The highest BCUT2D eigenvalue weighted by atomic mass is 32.1. The number of nitrogens with zero attached hydrogens (tertiary/aromatic N) is 2. The minimum absolute atomic E-state index is 0.125. The summed E-state index contributed by atoms with van der Waals surface area (Å²) in [4.78, 5) is 31.7. The number of ether oxygens (including phenoxy) is 1. The lowest BCUT2D eigenvalue weighted by Gasteiger charge is -2.08. The molecule has 4 aromatic rings. The van der Waals surface area contributed by atoms with Gasteiger partial charge in [-0.1, -0.05) is 30.3 Å². The van der Waals surface area contributed by atoms with Crippen LogP contribution in [-0.4, -0.2) is 22.6 Å². The third-order valence-electron chi connectivity index (χ3n) is 4.87. The summed E-state index contributed by atoms with van der Waals surface area (Å²) in [7, 11) is 1.59. The van der Waals surface area contributed by atoms with Crippen LogP contribution in [0, 0.1) is 6.92 Å². The molecule has 2 aromatic carbocycles. The van der Waals surface area contributed by atoms with Crippen LogP contribution in [-0.2, 0) is 11.3 Å². The number of aromatic nitrogens is 2. The van der Waals surface area contributed by atoms with Gasteiger partial charge in [0.05, 0.1) is 18.8 Å². The van der Waals surface area contributed by atoms with Gasteiger partial charge in [0.2, 0.25) is 5.91 Å². The third kappa shape index (κ3) is 3.97. The van der Waals surface area contributed by atoms with Crippen molar-refractivity contribution in [3.05, 3.63) is 76.2 Å². The second-order valence-electron chi connectivity index (χ2n) is 6.85. The molecule has 1 N–H and O–H groups in total. The average Bonchev–Trinajstić information content (AvgIpc) is 3.11. The number of anilines is 1. The standard InChI is InChI=1S/C23H21N3O3S/c1-15-20(16-6-4-3-5-7-16)21-22(30-15)24-14-26(23(21)28)13-12-19(27)25-17-8-10-18(29-2)11-9-17/h3-11,14H,12-13H2,1-2H3,(H,25,27). The highest BCUT2D eigenvalue weighted by Gasteiger charge is 2.17. The van der Waals surface area contributed by atoms with E-state index in [4.69, 9.17) is 4.74 Å². The van der Waals surface area contributed by atoms with Crippen molar-refractivity contribution in [3.8, 4) is 16.9 Å². The minimum atomic E-state index is -0.169. The number of amides is 1. The lowest BCUT2D eigenvalue weighted by molar-refractivity contribution is -0.116. The Kier molecular flexibility index (Phi) is 5.63. The maximum Gasteiger partial charge on any atom is 0.262 e. The van der Waals surface area contributed by atoms with E-state index in [1.165, 1.54) is 22.2 Å². The Morgan fingerprint density at radius 1 is 1.13 bits per heavy atom. The largest absolute Gasteiger partial charge is 0.497 e. The van der Waals surface area contributed by atoms with Gasteiger partial charge in [-0.15, -0.1) is 11.3 Å². The van der Waals surface area contributed by atoms with E-state index in [-0.39, 0.29) is 24.4 Å². The van der Waals surface area contributed by atoms with Gasteiger partial charge in [-0.25, -0.2) is 4.98 Å². The first-order chi connectivity index (χ1) is 14.6. The topological polar surface area (TPSA) is 73.2 Å². The summed E-state index contributed by atoms with van der Waals surface area (Å²) in [5.74, 6) is 0.552. The number of thiophene rings is 1. The van der Waals surface area contributed by atoms with Crippen molar-refractivity contribution in [2.45, 2.75) is 19.9 Å². The number of hydrogen-bond donors (Lipinski definition) is 1. The SMILES string of the molecule is COc1ccc(NC(=O)CCn2cnc3sc(C)c(-c4ccccc4)c3c2=O)cc1. The van der Waals surface area contributed by atoms with Crippen molar-refractivity contribution in [1.29, 1.82) is 0 Å². The summed E-state index contributed by atoms with van der Waals surface area (Å²) in [6.07, 6.45) is 1.69. The normalized spacial score (nSPS) is 10.9.